The van der Waals surface area contributed by atoms with Gasteiger partial charge in [-0.3, -0.25) is 4.79 Å². The summed E-state index contributed by atoms with van der Waals surface area (Å²) in [5.74, 6) is 3.94. The first kappa shape index (κ1) is 35.3. The van der Waals surface area contributed by atoms with E-state index in [1.165, 1.54) is 103 Å². The molecule has 5 atom stereocenters. The number of unbranched alkanes of at least 4 members (excludes halogenated alkanes) is 5. The fourth-order valence-electron chi connectivity index (χ4n) is 8.37. The zero-order valence-corrected chi connectivity index (χ0v) is 28.7. The van der Waals surface area contributed by atoms with Crippen molar-refractivity contribution in [3.63, 3.8) is 0 Å². The van der Waals surface area contributed by atoms with Crippen molar-refractivity contribution in [2.75, 3.05) is 0 Å². The number of hydrogen-bond donors (Lipinski definition) is 0. The van der Waals surface area contributed by atoms with Gasteiger partial charge in [-0.1, -0.05) is 123 Å². The van der Waals surface area contributed by atoms with Gasteiger partial charge >= 0.3 is 0 Å². The number of Topliss-reactive ketones (excluding diaryl/α,β-unsaturated/α-hetero) is 1. The van der Waals surface area contributed by atoms with Gasteiger partial charge in [0.1, 0.15) is 5.78 Å². The van der Waals surface area contributed by atoms with Crippen LogP contribution >= 0.6 is 0 Å². The van der Waals surface area contributed by atoms with E-state index in [-0.39, 0.29) is 5.92 Å². The van der Waals surface area contributed by atoms with Crippen molar-refractivity contribution < 1.29 is 4.79 Å². The summed E-state index contributed by atoms with van der Waals surface area (Å²) in [5.41, 5.74) is 4.06. The lowest BCUT2D eigenvalue weighted by Crippen LogP contribution is -2.39. The minimum absolute atomic E-state index is 0.266. The van der Waals surface area contributed by atoms with E-state index in [1.807, 2.05) is 0 Å². The third-order valence-electron chi connectivity index (χ3n) is 11.5. The fraction of sp³-hybridized carbons (Fsp3) is 0.872. The molecule has 2 aliphatic carbocycles. The van der Waals surface area contributed by atoms with Gasteiger partial charge in [0.05, 0.1) is 0 Å². The SMILES string of the molecule is C/C(=C\CCCCCCCC(C)CC[C@H]1C(C)C(=O)CCC1(C)C)CC/C=C(\C)CCC1C(C)CCCC1(C)C. The largest absolute Gasteiger partial charge is 0.299 e. The Kier molecular flexibility index (Phi) is 15.3. The molecule has 232 valence electrons. The van der Waals surface area contributed by atoms with Gasteiger partial charge in [-0.25, -0.2) is 0 Å². The summed E-state index contributed by atoms with van der Waals surface area (Å²) in [7, 11) is 0. The Bertz CT molecular complexity index is 796. The maximum absolute atomic E-state index is 12.3. The lowest BCUT2D eigenvalue weighted by molar-refractivity contribution is -0.130. The quantitative estimate of drug-likeness (QED) is 0.129. The number of allylic oxidation sites excluding steroid dienone is 4. The molecular formula is C39H70O. The molecular weight excluding hydrogens is 484 g/mol. The molecule has 0 aromatic rings. The molecule has 2 rings (SSSR count). The number of rotatable bonds is 17. The summed E-state index contributed by atoms with van der Waals surface area (Å²) in [6.07, 6.45) is 28.3. The predicted octanol–water partition coefficient (Wildman–Crippen LogP) is 12.7. The van der Waals surface area contributed by atoms with Crippen LogP contribution < -0.4 is 0 Å². The van der Waals surface area contributed by atoms with E-state index < -0.39 is 0 Å². The molecule has 4 unspecified atom stereocenters. The smallest absolute Gasteiger partial charge is 0.136 e. The molecule has 1 nitrogen and oxygen atoms in total. The first-order chi connectivity index (χ1) is 18.8. The van der Waals surface area contributed by atoms with Crippen LogP contribution in [-0.4, -0.2) is 5.78 Å². The monoisotopic (exact) mass is 555 g/mol. The van der Waals surface area contributed by atoms with Crippen LogP contribution in [0.3, 0.4) is 0 Å². The van der Waals surface area contributed by atoms with Crippen LogP contribution in [-0.2, 0) is 4.79 Å². The Morgan fingerprint density at radius 1 is 0.800 bits per heavy atom. The Balaban J connectivity index is 1.50. The highest BCUT2D eigenvalue weighted by Crippen LogP contribution is 2.47. The lowest BCUT2D eigenvalue weighted by Gasteiger charge is -2.43. The van der Waals surface area contributed by atoms with Crippen LogP contribution in [0.25, 0.3) is 0 Å². The molecule has 0 aliphatic heterocycles. The number of carbonyl (C=O) groups excluding carboxylic acids is 1. The fourth-order valence-corrected chi connectivity index (χ4v) is 8.37. The molecule has 0 aromatic carbocycles. The molecule has 2 aliphatic rings. The number of ketones is 1. The van der Waals surface area contributed by atoms with Gasteiger partial charge in [-0.2, -0.15) is 0 Å². The summed E-state index contributed by atoms with van der Waals surface area (Å²) in [5, 5.41) is 0. The Labute approximate surface area is 251 Å². The predicted molar refractivity (Wildman–Crippen MR) is 178 cm³/mol. The summed E-state index contributed by atoms with van der Waals surface area (Å²) in [6.45, 7) is 21.6. The van der Waals surface area contributed by atoms with Gasteiger partial charge in [-0.15, -0.1) is 0 Å². The Morgan fingerprint density at radius 2 is 1.43 bits per heavy atom. The first-order valence-corrected chi connectivity index (χ1v) is 17.7. The third kappa shape index (κ3) is 12.2. The van der Waals surface area contributed by atoms with Crippen LogP contribution in [0.15, 0.2) is 23.3 Å². The minimum Gasteiger partial charge on any atom is -0.299 e. The van der Waals surface area contributed by atoms with Crippen LogP contribution in [0.5, 0.6) is 0 Å². The van der Waals surface area contributed by atoms with Crippen LogP contribution in [0.1, 0.15) is 178 Å². The second kappa shape index (κ2) is 17.3. The number of carbonyl (C=O) groups is 1. The average molecular weight is 555 g/mol. The molecule has 0 aromatic heterocycles. The Hall–Kier alpha value is -0.850. The normalized spacial score (nSPS) is 28.1. The van der Waals surface area contributed by atoms with E-state index in [0.29, 0.717) is 22.5 Å². The zero-order chi connectivity index (χ0) is 29.8. The van der Waals surface area contributed by atoms with Gasteiger partial charge in [0.2, 0.25) is 0 Å². The molecule has 40 heavy (non-hydrogen) atoms. The van der Waals surface area contributed by atoms with Gasteiger partial charge < -0.3 is 0 Å². The van der Waals surface area contributed by atoms with Crippen molar-refractivity contribution in [1.29, 1.82) is 0 Å². The van der Waals surface area contributed by atoms with E-state index in [4.69, 9.17) is 0 Å². The van der Waals surface area contributed by atoms with Crippen LogP contribution in [0, 0.1) is 40.4 Å². The standard InChI is InChI=1S/C39H70O/c1-30(20-16-21-32(3)23-25-35-33(4)22-17-28-38(35,6)7)18-14-12-10-11-13-15-19-31(2)24-26-36-34(5)37(40)27-29-39(36,8)9/h18,21,31,33-36H,10-17,19-20,22-29H2,1-9H3/b30-18+,32-21+/t31?,33?,34?,35?,36-/m0/s1. The highest BCUT2D eigenvalue weighted by Gasteiger charge is 2.40. The summed E-state index contributed by atoms with van der Waals surface area (Å²) in [4.78, 5) is 12.3. The highest BCUT2D eigenvalue weighted by molar-refractivity contribution is 5.81. The topological polar surface area (TPSA) is 17.1 Å². The maximum Gasteiger partial charge on any atom is 0.136 e. The van der Waals surface area contributed by atoms with Gasteiger partial charge in [0.15, 0.2) is 0 Å². The van der Waals surface area contributed by atoms with E-state index in [2.05, 4.69) is 74.5 Å². The molecule has 0 heterocycles. The maximum atomic E-state index is 12.3. The second-order valence-electron chi connectivity index (χ2n) is 16.0. The Morgan fingerprint density at radius 3 is 2.15 bits per heavy atom. The van der Waals surface area contributed by atoms with Crippen LogP contribution in [0.2, 0.25) is 0 Å². The average Bonchev–Trinajstić information content (AvgIpc) is 2.87. The third-order valence-corrected chi connectivity index (χ3v) is 11.5. The molecule has 0 saturated heterocycles. The lowest BCUT2D eigenvalue weighted by atomic mass is 9.62. The summed E-state index contributed by atoms with van der Waals surface area (Å²) in [6, 6.07) is 0. The van der Waals surface area contributed by atoms with Gasteiger partial charge in [-0.05, 0) is 106 Å². The first-order valence-electron chi connectivity index (χ1n) is 17.7. The molecule has 2 saturated carbocycles. The second-order valence-corrected chi connectivity index (χ2v) is 16.0. The highest BCUT2D eigenvalue weighted by atomic mass is 16.1. The molecule has 0 bridgehead atoms. The van der Waals surface area contributed by atoms with E-state index in [0.717, 1.165) is 30.6 Å². The van der Waals surface area contributed by atoms with Gasteiger partial charge in [0.25, 0.3) is 0 Å². The molecule has 0 radical (unpaired) electrons. The van der Waals surface area contributed by atoms with Crippen molar-refractivity contribution in [3.8, 4) is 0 Å². The van der Waals surface area contributed by atoms with E-state index >= 15 is 0 Å². The van der Waals surface area contributed by atoms with Crippen LogP contribution in [0.4, 0.5) is 0 Å². The molecule has 1 heteroatoms. The summed E-state index contributed by atoms with van der Waals surface area (Å²) < 4.78 is 0. The van der Waals surface area contributed by atoms with Crippen molar-refractivity contribution in [3.05, 3.63) is 23.3 Å². The van der Waals surface area contributed by atoms with Gasteiger partial charge in [0, 0.05) is 12.3 Å². The summed E-state index contributed by atoms with van der Waals surface area (Å²) >= 11 is 0. The number of hydrogen-bond acceptors (Lipinski definition) is 1. The molecule has 0 N–H and O–H groups in total. The van der Waals surface area contributed by atoms with Crippen molar-refractivity contribution in [1.82, 2.24) is 0 Å². The van der Waals surface area contributed by atoms with E-state index in [9.17, 15) is 4.79 Å². The van der Waals surface area contributed by atoms with Crippen molar-refractivity contribution in [2.24, 2.45) is 40.4 Å². The molecule has 2 fully saturated rings. The van der Waals surface area contributed by atoms with E-state index in [1.54, 1.807) is 11.1 Å². The molecule has 0 amide bonds. The molecule has 0 spiro atoms. The van der Waals surface area contributed by atoms with Crippen molar-refractivity contribution in [2.45, 2.75) is 178 Å². The van der Waals surface area contributed by atoms with Crippen molar-refractivity contribution >= 4 is 5.78 Å². The zero-order valence-electron chi connectivity index (χ0n) is 28.7. The minimum atomic E-state index is 0.266.